The van der Waals surface area contributed by atoms with Gasteiger partial charge >= 0.3 is 0 Å². The number of aryl methyl sites for hydroxylation is 1. The largest absolute Gasteiger partial charge is 0.497 e. The van der Waals surface area contributed by atoms with Gasteiger partial charge in [0.1, 0.15) is 23.1 Å². The van der Waals surface area contributed by atoms with Crippen LogP contribution >= 0.6 is 0 Å². The molecule has 0 aliphatic heterocycles. The molecule has 0 radical (unpaired) electrons. The van der Waals surface area contributed by atoms with Gasteiger partial charge in [0.15, 0.2) is 0 Å². The van der Waals surface area contributed by atoms with Crippen LogP contribution in [-0.4, -0.2) is 53.7 Å². The summed E-state index contributed by atoms with van der Waals surface area (Å²) in [6.45, 7) is 2.50. The number of nitrogens with one attached hydrogen (secondary N) is 2. The Kier molecular flexibility index (Phi) is 7.40. The summed E-state index contributed by atoms with van der Waals surface area (Å²) in [7, 11) is 1.65. The van der Waals surface area contributed by atoms with Crippen molar-refractivity contribution in [3.05, 3.63) is 101 Å². The molecule has 0 bridgehead atoms. The van der Waals surface area contributed by atoms with Crippen LogP contribution < -0.4 is 20.9 Å². The highest BCUT2D eigenvalue weighted by Gasteiger charge is 2.25. The number of anilines is 2. The highest BCUT2D eigenvalue weighted by atomic mass is 16.5. The van der Waals surface area contributed by atoms with Crippen molar-refractivity contribution in [3.63, 3.8) is 0 Å². The van der Waals surface area contributed by atoms with Gasteiger partial charge in [-0.2, -0.15) is 0 Å². The number of pyridine rings is 2. The second-order valence-corrected chi connectivity index (χ2v) is 10.2. The van der Waals surface area contributed by atoms with E-state index < -0.39 is 0 Å². The van der Waals surface area contributed by atoms with E-state index in [1.807, 2.05) is 49.5 Å². The first-order valence-corrected chi connectivity index (χ1v) is 13.6. The van der Waals surface area contributed by atoms with Crippen molar-refractivity contribution in [1.82, 2.24) is 34.5 Å². The Morgan fingerprint density at radius 2 is 1.66 bits per heavy atom. The van der Waals surface area contributed by atoms with E-state index in [9.17, 15) is 4.79 Å². The molecule has 4 heterocycles. The van der Waals surface area contributed by atoms with Crippen LogP contribution in [0.2, 0.25) is 0 Å². The van der Waals surface area contributed by atoms with Crippen LogP contribution in [0.1, 0.15) is 30.5 Å². The second kappa shape index (κ2) is 11.6. The molecule has 0 spiro atoms. The molecule has 5 aromatic rings. The van der Waals surface area contributed by atoms with E-state index in [0.717, 1.165) is 53.5 Å². The van der Waals surface area contributed by atoms with E-state index in [-0.39, 0.29) is 5.56 Å². The van der Waals surface area contributed by atoms with Crippen LogP contribution in [-0.2, 0) is 6.54 Å². The molecule has 0 saturated heterocycles. The normalized spacial score (nSPS) is 16.4. The lowest BCUT2D eigenvalue weighted by Gasteiger charge is -2.16. The molecule has 41 heavy (non-hydrogen) atoms. The quantitative estimate of drug-likeness (QED) is 0.280. The molecule has 2 N–H and O–H groups in total. The maximum atomic E-state index is 12.7. The minimum atomic E-state index is -0.147. The molecule has 1 aliphatic carbocycles. The number of hydrogen-bond acceptors (Lipinski definition) is 9. The number of ether oxygens (including phenoxy) is 1. The molecule has 1 saturated carbocycles. The van der Waals surface area contributed by atoms with Gasteiger partial charge in [-0.25, -0.2) is 14.6 Å². The Morgan fingerprint density at radius 3 is 2.37 bits per heavy atom. The minimum absolute atomic E-state index is 0.147. The molecule has 1 fully saturated rings. The van der Waals surface area contributed by atoms with Gasteiger partial charge in [-0.05, 0) is 62.1 Å². The van der Waals surface area contributed by atoms with Crippen LogP contribution in [0.25, 0.3) is 16.9 Å². The predicted molar refractivity (Wildman–Crippen MR) is 156 cm³/mol. The van der Waals surface area contributed by atoms with Crippen LogP contribution in [0.5, 0.6) is 5.75 Å². The fourth-order valence-electron chi connectivity index (χ4n) is 5.01. The monoisotopic (exact) mass is 549 g/mol. The number of aromatic nitrogens is 7. The average Bonchev–Trinajstić information content (AvgIpc) is 3.65. The molecule has 11 nitrogen and oxygen atoms in total. The molecule has 208 valence electrons. The van der Waals surface area contributed by atoms with Crippen molar-refractivity contribution in [3.8, 4) is 22.7 Å². The molecule has 6 rings (SSSR count). The van der Waals surface area contributed by atoms with E-state index in [0.29, 0.717) is 30.0 Å². The number of benzene rings is 1. The summed E-state index contributed by atoms with van der Waals surface area (Å²) in [5.74, 6) is 2.39. The van der Waals surface area contributed by atoms with Crippen molar-refractivity contribution in [2.45, 2.75) is 44.8 Å². The van der Waals surface area contributed by atoms with Crippen LogP contribution in [0.3, 0.4) is 0 Å². The van der Waals surface area contributed by atoms with Gasteiger partial charge in [-0.3, -0.25) is 14.3 Å². The number of hydrogen-bond donors (Lipinski definition) is 2. The highest BCUT2D eigenvalue weighted by Crippen LogP contribution is 2.25. The summed E-state index contributed by atoms with van der Waals surface area (Å²) in [4.78, 5) is 26.0. The molecule has 0 unspecified atom stereocenters. The van der Waals surface area contributed by atoms with Crippen molar-refractivity contribution in [2.75, 3.05) is 17.7 Å². The Morgan fingerprint density at radius 1 is 0.878 bits per heavy atom. The lowest BCUT2D eigenvalue weighted by Crippen LogP contribution is -2.22. The summed E-state index contributed by atoms with van der Waals surface area (Å²) < 4.78 is 8.57. The smallest absolute Gasteiger partial charge is 0.255 e. The second-order valence-electron chi connectivity index (χ2n) is 10.2. The van der Waals surface area contributed by atoms with E-state index in [1.165, 1.54) is 6.07 Å². The molecule has 2 atom stereocenters. The summed E-state index contributed by atoms with van der Waals surface area (Å²) in [6.07, 6.45) is 11.9. The number of rotatable bonds is 9. The van der Waals surface area contributed by atoms with Crippen LogP contribution in [0.4, 0.5) is 11.6 Å². The fraction of sp³-hybridized carbons (Fsp3) is 0.267. The average molecular weight is 550 g/mol. The number of methoxy groups -OCH3 is 1. The third-order valence-electron chi connectivity index (χ3n) is 7.19. The van der Waals surface area contributed by atoms with E-state index >= 15 is 0 Å². The van der Waals surface area contributed by atoms with Gasteiger partial charge in [-0.15, -0.1) is 5.10 Å². The highest BCUT2D eigenvalue weighted by molar-refractivity contribution is 5.57. The van der Waals surface area contributed by atoms with Gasteiger partial charge in [0.25, 0.3) is 5.56 Å². The Balaban J connectivity index is 1.10. The molecule has 0 amide bonds. The van der Waals surface area contributed by atoms with Gasteiger partial charge in [0.05, 0.1) is 49.8 Å². The zero-order valence-corrected chi connectivity index (χ0v) is 22.9. The summed E-state index contributed by atoms with van der Waals surface area (Å²) in [5.41, 5.74) is 3.98. The fourth-order valence-corrected chi connectivity index (χ4v) is 5.01. The van der Waals surface area contributed by atoms with E-state index in [4.69, 9.17) is 4.74 Å². The molecule has 11 heteroatoms. The first-order valence-electron chi connectivity index (χ1n) is 13.6. The summed E-state index contributed by atoms with van der Waals surface area (Å²) in [6, 6.07) is 15.6. The maximum absolute atomic E-state index is 12.7. The number of nitrogens with zero attached hydrogens (tertiary/aromatic N) is 7. The standard InChI is InChI=1S/C30H31N9O2/c1-20-14-32-29(16-31-20)35-24-7-6-23(13-24)34-28-11-8-25(15-33-28)39-18-22(5-12-30(39)40)27-19-38(37-36-27)17-21-3-9-26(41-2)10-4-21/h3-5,8-12,14-16,18-19,23-24H,6-7,13,17H2,1-2H3,(H,32,35)(H,33,34)/t23-,24-/m0/s1. The van der Waals surface area contributed by atoms with Gasteiger partial charge < -0.3 is 15.4 Å². The molecular weight excluding hydrogens is 518 g/mol. The summed E-state index contributed by atoms with van der Waals surface area (Å²) in [5, 5.41) is 15.6. The zero-order valence-electron chi connectivity index (χ0n) is 22.9. The van der Waals surface area contributed by atoms with Crippen LogP contribution in [0, 0.1) is 6.92 Å². The third kappa shape index (κ3) is 6.24. The molecular formula is C30H31N9O2. The SMILES string of the molecule is COc1ccc(Cn2cc(-c3ccc(=O)n(-c4ccc(N[C@H]5CC[C@H](Nc6cnc(C)cn6)C5)nc4)c3)nn2)cc1. The Bertz CT molecular complexity index is 1660. The van der Waals surface area contributed by atoms with E-state index in [1.54, 1.807) is 47.2 Å². The zero-order chi connectivity index (χ0) is 28.2. The Labute approximate surface area is 237 Å². The van der Waals surface area contributed by atoms with Gasteiger partial charge in [0, 0.05) is 29.9 Å². The minimum Gasteiger partial charge on any atom is -0.497 e. The summed E-state index contributed by atoms with van der Waals surface area (Å²) >= 11 is 0. The van der Waals surface area contributed by atoms with Crippen molar-refractivity contribution in [1.29, 1.82) is 0 Å². The van der Waals surface area contributed by atoms with Crippen molar-refractivity contribution in [2.24, 2.45) is 0 Å². The maximum Gasteiger partial charge on any atom is 0.255 e. The first-order chi connectivity index (χ1) is 20.0. The van der Waals surface area contributed by atoms with Gasteiger partial charge in [0.2, 0.25) is 0 Å². The third-order valence-corrected chi connectivity index (χ3v) is 7.19. The van der Waals surface area contributed by atoms with Gasteiger partial charge in [-0.1, -0.05) is 17.3 Å². The molecule has 1 aromatic carbocycles. The predicted octanol–water partition coefficient (Wildman–Crippen LogP) is 4.09. The topological polar surface area (TPSA) is 125 Å². The van der Waals surface area contributed by atoms with E-state index in [2.05, 4.69) is 35.9 Å². The lowest BCUT2D eigenvalue weighted by molar-refractivity contribution is 0.414. The van der Waals surface area contributed by atoms with Crippen LogP contribution in [0.15, 0.2) is 84.3 Å². The molecule has 1 aliphatic rings. The van der Waals surface area contributed by atoms with Crippen molar-refractivity contribution < 1.29 is 4.74 Å². The molecule has 4 aromatic heterocycles. The lowest BCUT2D eigenvalue weighted by atomic mass is 10.2. The van der Waals surface area contributed by atoms with Crippen molar-refractivity contribution >= 4 is 11.6 Å². The Hall–Kier alpha value is -5.06. The first kappa shape index (κ1) is 26.2.